The summed E-state index contributed by atoms with van der Waals surface area (Å²) in [6.07, 6.45) is -3.93. The summed E-state index contributed by atoms with van der Waals surface area (Å²) in [5.41, 5.74) is 0. The predicted molar refractivity (Wildman–Crippen MR) is 85.5 cm³/mol. The second-order valence-corrected chi connectivity index (χ2v) is 6.64. The van der Waals surface area contributed by atoms with E-state index in [0.29, 0.717) is 17.9 Å². The summed E-state index contributed by atoms with van der Waals surface area (Å²) in [5.74, 6) is -0.0362. The zero-order chi connectivity index (χ0) is 18.1. The third-order valence-electron chi connectivity index (χ3n) is 3.43. The number of carboxylic acid groups (broad SMARTS) is 1. The quantitative estimate of drug-likeness (QED) is 0.293. The fourth-order valence-electron chi connectivity index (χ4n) is 2.23. The van der Waals surface area contributed by atoms with E-state index in [-0.39, 0.29) is 13.0 Å². The molecule has 0 spiro atoms. The van der Waals surface area contributed by atoms with Gasteiger partial charge in [-0.05, 0) is 12.2 Å². The molecule has 5 unspecified atom stereocenters. The number of ether oxygens (including phenoxy) is 2. The van der Waals surface area contributed by atoms with Gasteiger partial charge in [0.05, 0.1) is 19.6 Å². The number of carboxylic acids is 1. The topological polar surface area (TPSA) is 146 Å². The highest BCUT2D eigenvalue weighted by Crippen LogP contribution is 2.22. The van der Waals surface area contributed by atoms with Gasteiger partial charge in [-0.2, -0.15) is 11.8 Å². The minimum Gasteiger partial charge on any atom is -0.481 e. The van der Waals surface area contributed by atoms with E-state index in [1.165, 1.54) is 18.7 Å². The van der Waals surface area contributed by atoms with Gasteiger partial charge in [-0.15, -0.1) is 0 Å². The molecule has 5 atom stereocenters. The van der Waals surface area contributed by atoms with Gasteiger partial charge in [-0.3, -0.25) is 9.59 Å². The Balaban J connectivity index is 2.43. The molecule has 140 valence electrons. The molecule has 0 radical (unpaired) electrons. The van der Waals surface area contributed by atoms with Crippen molar-refractivity contribution in [1.82, 2.24) is 5.32 Å². The Morgan fingerprint density at radius 3 is 2.54 bits per heavy atom. The van der Waals surface area contributed by atoms with Crippen molar-refractivity contribution in [2.45, 2.75) is 50.4 Å². The average molecular weight is 367 g/mol. The van der Waals surface area contributed by atoms with Crippen LogP contribution in [0.25, 0.3) is 0 Å². The molecular weight excluding hydrogens is 342 g/mol. The maximum Gasteiger partial charge on any atom is 0.304 e. The zero-order valence-corrected chi connectivity index (χ0v) is 14.3. The Morgan fingerprint density at radius 1 is 1.25 bits per heavy atom. The molecule has 1 amide bonds. The fourth-order valence-corrected chi connectivity index (χ4v) is 3.08. The molecule has 1 heterocycles. The van der Waals surface area contributed by atoms with Gasteiger partial charge in [0.25, 0.3) is 0 Å². The standard InChI is InChI=1S/C14H25NO8S/c1-8(17)15-11-13(21)12(20)9(7-16)23-14(11)22-4-2-5-24-6-3-10(18)19/h9,11-14,16,20-21H,2-7H2,1H3,(H,15,17)(H,18,19). The molecule has 0 aliphatic carbocycles. The maximum atomic E-state index is 11.2. The van der Waals surface area contributed by atoms with Gasteiger partial charge < -0.3 is 35.2 Å². The van der Waals surface area contributed by atoms with E-state index in [2.05, 4.69) is 5.32 Å². The van der Waals surface area contributed by atoms with Gasteiger partial charge in [0.1, 0.15) is 24.4 Å². The molecular formula is C14H25NO8S. The van der Waals surface area contributed by atoms with Gasteiger partial charge in [0.15, 0.2) is 6.29 Å². The summed E-state index contributed by atoms with van der Waals surface area (Å²) in [7, 11) is 0. The van der Waals surface area contributed by atoms with Gasteiger partial charge in [0, 0.05) is 12.7 Å². The van der Waals surface area contributed by atoms with Crippen molar-refractivity contribution < 1.29 is 39.5 Å². The predicted octanol–water partition coefficient (Wildman–Crippen LogP) is -1.46. The lowest BCUT2D eigenvalue weighted by molar-refractivity contribution is -0.270. The smallest absolute Gasteiger partial charge is 0.304 e. The third kappa shape index (κ3) is 6.91. The van der Waals surface area contributed by atoms with Crippen LogP contribution in [0.1, 0.15) is 19.8 Å². The SMILES string of the molecule is CC(=O)NC1C(OCCCSCCC(=O)O)OC(CO)C(O)C1O. The zero-order valence-electron chi connectivity index (χ0n) is 13.5. The first-order chi connectivity index (χ1) is 11.4. The fraction of sp³-hybridized carbons (Fsp3) is 0.857. The number of amides is 1. The Hall–Kier alpha value is -0.910. The van der Waals surface area contributed by atoms with Crippen LogP contribution in [-0.2, 0) is 19.1 Å². The first-order valence-electron chi connectivity index (χ1n) is 7.67. The third-order valence-corrected chi connectivity index (χ3v) is 4.50. The van der Waals surface area contributed by atoms with Gasteiger partial charge in [-0.1, -0.05) is 0 Å². The second kappa shape index (κ2) is 10.9. The van der Waals surface area contributed by atoms with Crippen molar-refractivity contribution in [3.8, 4) is 0 Å². The molecule has 0 saturated carbocycles. The molecule has 1 saturated heterocycles. The summed E-state index contributed by atoms with van der Waals surface area (Å²) < 4.78 is 10.9. The molecule has 9 nitrogen and oxygen atoms in total. The van der Waals surface area contributed by atoms with E-state index < -0.39 is 49.1 Å². The number of aliphatic hydroxyl groups excluding tert-OH is 3. The number of thioether (sulfide) groups is 1. The van der Waals surface area contributed by atoms with E-state index in [1.807, 2.05) is 0 Å². The Labute approximate surface area is 144 Å². The number of carbonyl (C=O) groups is 2. The van der Waals surface area contributed by atoms with Crippen molar-refractivity contribution in [1.29, 1.82) is 0 Å². The van der Waals surface area contributed by atoms with E-state index in [4.69, 9.17) is 14.6 Å². The highest BCUT2D eigenvalue weighted by Gasteiger charge is 2.45. The van der Waals surface area contributed by atoms with E-state index in [9.17, 15) is 24.9 Å². The van der Waals surface area contributed by atoms with Crippen LogP contribution in [0.15, 0.2) is 0 Å². The molecule has 24 heavy (non-hydrogen) atoms. The Kier molecular flexibility index (Phi) is 9.56. The highest BCUT2D eigenvalue weighted by atomic mass is 32.2. The summed E-state index contributed by atoms with van der Waals surface area (Å²) in [5, 5.41) is 40.1. The largest absolute Gasteiger partial charge is 0.481 e. The maximum absolute atomic E-state index is 11.2. The first-order valence-corrected chi connectivity index (χ1v) is 8.83. The van der Waals surface area contributed by atoms with Crippen LogP contribution in [0.3, 0.4) is 0 Å². The van der Waals surface area contributed by atoms with Crippen LogP contribution in [0.4, 0.5) is 0 Å². The van der Waals surface area contributed by atoms with Crippen molar-refractivity contribution in [3.05, 3.63) is 0 Å². The molecule has 1 fully saturated rings. The molecule has 0 aromatic rings. The molecule has 1 aliphatic rings. The molecule has 5 N–H and O–H groups in total. The number of aliphatic carboxylic acids is 1. The molecule has 10 heteroatoms. The Morgan fingerprint density at radius 2 is 1.96 bits per heavy atom. The lowest BCUT2D eigenvalue weighted by Gasteiger charge is -2.42. The number of carbonyl (C=O) groups excluding carboxylic acids is 1. The van der Waals surface area contributed by atoms with Crippen molar-refractivity contribution in [3.63, 3.8) is 0 Å². The number of hydrogen-bond acceptors (Lipinski definition) is 8. The molecule has 0 aromatic carbocycles. The summed E-state index contributed by atoms with van der Waals surface area (Å²) in [4.78, 5) is 21.6. The summed E-state index contributed by atoms with van der Waals surface area (Å²) in [6, 6.07) is -0.944. The number of hydrogen-bond donors (Lipinski definition) is 5. The van der Waals surface area contributed by atoms with Crippen molar-refractivity contribution >= 4 is 23.6 Å². The van der Waals surface area contributed by atoms with Gasteiger partial charge in [0.2, 0.25) is 5.91 Å². The minimum atomic E-state index is -1.33. The lowest BCUT2D eigenvalue weighted by atomic mass is 9.97. The van der Waals surface area contributed by atoms with Crippen LogP contribution in [0.5, 0.6) is 0 Å². The normalized spacial score (nSPS) is 30.1. The summed E-state index contributed by atoms with van der Waals surface area (Å²) >= 11 is 1.48. The molecule has 0 bridgehead atoms. The number of aliphatic hydroxyl groups is 3. The highest BCUT2D eigenvalue weighted by molar-refractivity contribution is 7.99. The average Bonchev–Trinajstić information content (AvgIpc) is 2.52. The van der Waals surface area contributed by atoms with Gasteiger partial charge in [-0.25, -0.2) is 0 Å². The van der Waals surface area contributed by atoms with Gasteiger partial charge >= 0.3 is 5.97 Å². The van der Waals surface area contributed by atoms with Crippen LogP contribution >= 0.6 is 11.8 Å². The molecule has 1 aliphatic heterocycles. The number of rotatable bonds is 10. The van der Waals surface area contributed by atoms with E-state index in [0.717, 1.165) is 0 Å². The van der Waals surface area contributed by atoms with E-state index >= 15 is 0 Å². The summed E-state index contributed by atoms with van der Waals surface area (Å²) in [6.45, 7) is 1.05. The minimum absolute atomic E-state index is 0.101. The van der Waals surface area contributed by atoms with E-state index in [1.54, 1.807) is 0 Å². The van der Waals surface area contributed by atoms with Crippen molar-refractivity contribution in [2.24, 2.45) is 0 Å². The molecule has 0 aromatic heterocycles. The first kappa shape index (κ1) is 21.1. The molecule has 1 rings (SSSR count). The monoisotopic (exact) mass is 367 g/mol. The van der Waals surface area contributed by atoms with Crippen LogP contribution in [-0.4, -0.2) is 87.7 Å². The number of nitrogens with one attached hydrogen (secondary N) is 1. The van der Waals surface area contributed by atoms with Crippen LogP contribution < -0.4 is 5.32 Å². The van der Waals surface area contributed by atoms with Crippen LogP contribution in [0.2, 0.25) is 0 Å². The van der Waals surface area contributed by atoms with Crippen LogP contribution in [0, 0.1) is 0 Å². The lowest BCUT2D eigenvalue weighted by Crippen LogP contribution is -2.64. The van der Waals surface area contributed by atoms with Crippen molar-refractivity contribution in [2.75, 3.05) is 24.7 Å². The Bertz CT molecular complexity index is 410. The second-order valence-electron chi connectivity index (χ2n) is 5.41.